The zero-order valence-corrected chi connectivity index (χ0v) is 12.9. The molecule has 3 nitrogen and oxygen atoms in total. The molecule has 0 saturated carbocycles. The summed E-state index contributed by atoms with van der Waals surface area (Å²) >= 11 is 5.15. The average molecular weight is 285 g/mol. The van der Waals surface area contributed by atoms with Gasteiger partial charge < -0.3 is 10.6 Å². The summed E-state index contributed by atoms with van der Waals surface area (Å²) < 4.78 is 0. The Hall–Kier alpha value is -1.94. The number of benzene rings is 1. The smallest absolute Gasteiger partial charge is 0.106 e. The van der Waals surface area contributed by atoms with Gasteiger partial charge in [-0.05, 0) is 38.1 Å². The first-order valence-electron chi connectivity index (χ1n) is 6.51. The largest absolute Gasteiger partial charge is 0.389 e. The van der Waals surface area contributed by atoms with Gasteiger partial charge in [0.2, 0.25) is 0 Å². The molecule has 1 heterocycles. The molecular weight excluding hydrogens is 266 g/mol. The molecule has 0 aliphatic rings. The molecule has 4 heteroatoms. The Morgan fingerprint density at radius 2 is 2.00 bits per heavy atom. The van der Waals surface area contributed by atoms with E-state index in [-0.39, 0.29) is 0 Å². The molecule has 0 bridgehead atoms. The molecule has 0 saturated heterocycles. The lowest BCUT2D eigenvalue weighted by Crippen LogP contribution is -2.22. The summed E-state index contributed by atoms with van der Waals surface area (Å²) in [6.45, 7) is 4.75. The van der Waals surface area contributed by atoms with E-state index in [0.29, 0.717) is 4.99 Å². The lowest BCUT2D eigenvalue weighted by atomic mass is 10.1. The molecule has 0 amide bonds. The molecule has 104 valence electrons. The number of aryl methyl sites for hydroxylation is 2. The quantitative estimate of drug-likeness (QED) is 0.877. The van der Waals surface area contributed by atoms with Crippen LogP contribution in [-0.4, -0.2) is 17.0 Å². The lowest BCUT2D eigenvalue weighted by molar-refractivity contribution is 0.876. The molecule has 1 aromatic heterocycles. The number of aromatic nitrogens is 1. The minimum absolute atomic E-state index is 0.424. The van der Waals surface area contributed by atoms with Gasteiger partial charge in [0.1, 0.15) is 4.99 Å². The molecule has 20 heavy (non-hydrogen) atoms. The second kappa shape index (κ2) is 6.01. The van der Waals surface area contributed by atoms with Crippen molar-refractivity contribution in [1.82, 2.24) is 4.98 Å². The molecule has 0 fully saturated rings. The molecule has 0 atom stereocenters. The van der Waals surface area contributed by atoms with E-state index in [2.05, 4.69) is 22.0 Å². The number of nitrogens with zero attached hydrogens (tertiary/aromatic N) is 2. The number of anilines is 1. The second-order valence-electron chi connectivity index (χ2n) is 5.01. The van der Waals surface area contributed by atoms with Gasteiger partial charge in [-0.1, -0.05) is 29.9 Å². The molecule has 0 aliphatic heterocycles. The third kappa shape index (κ3) is 3.33. The van der Waals surface area contributed by atoms with Crippen LogP contribution in [0.4, 0.5) is 5.69 Å². The zero-order valence-electron chi connectivity index (χ0n) is 12.1. The van der Waals surface area contributed by atoms with E-state index < -0.39 is 0 Å². The number of hydrogen-bond donors (Lipinski definition) is 1. The summed E-state index contributed by atoms with van der Waals surface area (Å²) in [6.07, 6.45) is 0. The lowest BCUT2D eigenvalue weighted by Gasteiger charge is -2.22. The van der Waals surface area contributed by atoms with E-state index in [1.54, 1.807) is 0 Å². The number of pyridine rings is 1. The van der Waals surface area contributed by atoms with Crippen LogP contribution in [0.25, 0.3) is 0 Å². The molecule has 0 aliphatic carbocycles. The van der Waals surface area contributed by atoms with Crippen molar-refractivity contribution in [3.05, 3.63) is 58.9 Å². The maximum Gasteiger partial charge on any atom is 0.106 e. The fourth-order valence-corrected chi connectivity index (χ4v) is 2.36. The monoisotopic (exact) mass is 285 g/mol. The molecule has 1 aromatic carbocycles. The highest BCUT2D eigenvalue weighted by Gasteiger charge is 2.11. The first kappa shape index (κ1) is 14.5. The van der Waals surface area contributed by atoms with Crippen molar-refractivity contribution in [3.63, 3.8) is 0 Å². The first-order chi connectivity index (χ1) is 9.47. The van der Waals surface area contributed by atoms with Crippen molar-refractivity contribution in [3.8, 4) is 0 Å². The van der Waals surface area contributed by atoms with Crippen LogP contribution >= 0.6 is 12.2 Å². The maximum atomic E-state index is 5.83. The van der Waals surface area contributed by atoms with Crippen molar-refractivity contribution in [1.29, 1.82) is 0 Å². The fourth-order valence-electron chi connectivity index (χ4n) is 2.20. The highest BCUT2D eigenvalue weighted by atomic mass is 32.1. The van der Waals surface area contributed by atoms with Crippen molar-refractivity contribution in [2.24, 2.45) is 5.73 Å². The highest BCUT2D eigenvalue weighted by molar-refractivity contribution is 7.80. The van der Waals surface area contributed by atoms with E-state index in [4.69, 9.17) is 18.0 Å². The van der Waals surface area contributed by atoms with Crippen molar-refractivity contribution in [2.75, 3.05) is 11.9 Å². The molecule has 2 N–H and O–H groups in total. The minimum atomic E-state index is 0.424. The van der Waals surface area contributed by atoms with Crippen LogP contribution in [0.5, 0.6) is 0 Å². The van der Waals surface area contributed by atoms with Gasteiger partial charge in [0.15, 0.2) is 0 Å². The number of rotatable bonds is 4. The third-order valence-electron chi connectivity index (χ3n) is 3.17. The van der Waals surface area contributed by atoms with Gasteiger partial charge in [0, 0.05) is 24.0 Å². The summed E-state index contributed by atoms with van der Waals surface area (Å²) in [6, 6.07) is 12.2. The van der Waals surface area contributed by atoms with E-state index in [1.807, 2.05) is 45.2 Å². The maximum absolute atomic E-state index is 5.83. The normalized spacial score (nSPS) is 10.3. The molecule has 0 unspecified atom stereocenters. The van der Waals surface area contributed by atoms with Crippen LogP contribution in [0.3, 0.4) is 0 Å². The van der Waals surface area contributed by atoms with Gasteiger partial charge in [0.25, 0.3) is 0 Å². The first-order valence-corrected chi connectivity index (χ1v) is 6.92. The van der Waals surface area contributed by atoms with E-state index in [0.717, 1.165) is 34.7 Å². The van der Waals surface area contributed by atoms with Crippen LogP contribution in [0.1, 0.15) is 22.5 Å². The molecular formula is C16H19N3S. The summed E-state index contributed by atoms with van der Waals surface area (Å²) in [5.41, 5.74) is 11.0. The van der Waals surface area contributed by atoms with Crippen LogP contribution in [-0.2, 0) is 6.54 Å². The topological polar surface area (TPSA) is 42.2 Å². The predicted molar refractivity (Wildman–Crippen MR) is 88.1 cm³/mol. The Morgan fingerprint density at radius 1 is 1.25 bits per heavy atom. The van der Waals surface area contributed by atoms with Crippen LogP contribution in [0.2, 0.25) is 0 Å². The van der Waals surface area contributed by atoms with Crippen molar-refractivity contribution in [2.45, 2.75) is 20.4 Å². The SMILES string of the molecule is Cc1ccc(N(C)Cc2cccc(C)n2)c(C(N)=S)c1. The molecule has 0 spiro atoms. The number of hydrogen-bond acceptors (Lipinski definition) is 3. The second-order valence-corrected chi connectivity index (χ2v) is 5.45. The van der Waals surface area contributed by atoms with Gasteiger partial charge >= 0.3 is 0 Å². The fraction of sp³-hybridized carbons (Fsp3) is 0.250. The molecule has 2 aromatic rings. The van der Waals surface area contributed by atoms with Crippen LogP contribution in [0.15, 0.2) is 36.4 Å². The Kier molecular flexibility index (Phi) is 4.35. The van der Waals surface area contributed by atoms with Crippen LogP contribution < -0.4 is 10.6 Å². The molecule has 0 radical (unpaired) electrons. The van der Waals surface area contributed by atoms with Crippen molar-refractivity contribution >= 4 is 22.9 Å². The third-order valence-corrected chi connectivity index (χ3v) is 3.39. The van der Waals surface area contributed by atoms with Crippen molar-refractivity contribution < 1.29 is 0 Å². The summed E-state index contributed by atoms with van der Waals surface area (Å²) in [4.78, 5) is 7.07. The standard InChI is InChI=1S/C16H19N3S/c1-11-7-8-15(14(9-11)16(17)20)19(3)10-13-6-4-5-12(2)18-13/h4-9H,10H2,1-3H3,(H2,17,20). The number of nitrogens with two attached hydrogens (primary N) is 1. The van der Waals surface area contributed by atoms with Gasteiger partial charge in [-0.3, -0.25) is 4.98 Å². The summed E-state index contributed by atoms with van der Waals surface area (Å²) in [7, 11) is 2.02. The van der Waals surface area contributed by atoms with Gasteiger partial charge in [-0.25, -0.2) is 0 Å². The van der Waals surface area contributed by atoms with E-state index >= 15 is 0 Å². The summed E-state index contributed by atoms with van der Waals surface area (Å²) in [5.74, 6) is 0. The van der Waals surface area contributed by atoms with E-state index in [9.17, 15) is 0 Å². The van der Waals surface area contributed by atoms with E-state index in [1.165, 1.54) is 0 Å². The Morgan fingerprint density at radius 3 is 2.65 bits per heavy atom. The van der Waals surface area contributed by atoms with Crippen LogP contribution in [0, 0.1) is 13.8 Å². The Labute approximate surface area is 125 Å². The zero-order chi connectivity index (χ0) is 14.7. The Balaban J connectivity index is 2.29. The predicted octanol–water partition coefficient (Wildman–Crippen LogP) is 2.97. The van der Waals surface area contributed by atoms with Gasteiger partial charge in [-0.15, -0.1) is 0 Å². The van der Waals surface area contributed by atoms with Gasteiger partial charge in [-0.2, -0.15) is 0 Å². The minimum Gasteiger partial charge on any atom is -0.389 e. The summed E-state index contributed by atoms with van der Waals surface area (Å²) in [5, 5.41) is 0. The number of thiocarbonyl (C=S) groups is 1. The molecule has 2 rings (SSSR count). The average Bonchev–Trinajstić information content (AvgIpc) is 2.38. The Bertz CT molecular complexity index is 637. The highest BCUT2D eigenvalue weighted by Crippen LogP contribution is 2.22. The van der Waals surface area contributed by atoms with Gasteiger partial charge in [0.05, 0.1) is 12.2 Å².